The first-order valence-corrected chi connectivity index (χ1v) is 11.1. The molecule has 2 heterocycles. The zero-order valence-electron chi connectivity index (χ0n) is 17.8. The van der Waals surface area contributed by atoms with Crippen LogP contribution in [0, 0.1) is 0 Å². The molecule has 1 N–H and O–H groups in total. The molecule has 3 rings (SSSR count). The van der Waals surface area contributed by atoms with E-state index >= 15 is 0 Å². The van der Waals surface area contributed by atoms with Gasteiger partial charge in [0.2, 0.25) is 5.88 Å². The van der Waals surface area contributed by atoms with E-state index in [-0.39, 0.29) is 16.7 Å². The number of ether oxygens (including phenoxy) is 2. The molecular weight excluding hydrogens is 503 g/mol. The van der Waals surface area contributed by atoms with E-state index in [9.17, 15) is 18.0 Å². The van der Waals surface area contributed by atoms with Crippen LogP contribution in [0.3, 0.4) is 0 Å². The average molecular weight is 524 g/mol. The number of hydrogen-bond acceptors (Lipinski definition) is 7. The summed E-state index contributed by atoms with van der Waals surface area (Å²) < 4.78 is 49.1. The molecular formula is C20H21ClF3N3O4S2. The molecule has 2 aromatic rings. The maximum absolute atomic E-state index is 12.5. The van der Waals surface area contributed by atoms with Crippen LogP contribution >= 0.6 is 35.6 Å². The van der Waals surface area contributed by atoms with E-state index in [1.807, 2.05) is 7.05 Å². The highest BCUT2D eigenvalue weighted by molar-refractivity contribution is 8.22. The number of hydrogen-bond donors (Lipinski definition) is 1. The number of rotatable bonds is 5. The summed E-state index contributed by atoms with van der Waals surface area (Å²) >= 11 is 12.5. The monoisotopic (exact) mass is 523 g/mol. The Hall–Kier alpha value is -2.28. The first-order valence-electron chi connectivity index (χ1n) is 9.33. The largest absolute Gasteiger partial charge is 0.479 e. The number of aromatic nitrogens is 1. The molecule has 0 saturated carbocycles. The van der Waals surface area contributed by atoms with Crippen LogP contribution in [0.2, 0.25) is 5.02 Å². The van der Waals surface area contributed by atoms with E-state index in [4.69, 9.17) is 38.4 Å². The fourth-order valence-corrected chi connectivity index (χ4v) is 3.46. The van der Waals surface area contributed by atoms with E-state index < -0.39 is 23.8 Å². The fourth-order valence-electron chi connectivity index (χ4n) is 2.34. The Morgan fingerprint density at radius 1 is 1.27 bits per heavy atom. The Morgan fingerprint density at radius 3 is 2.36 bits per heavy atom. The highest BCUT2D eigenvalue weighted by Crippen LogP contribution is 2.34. The van der Waals surface area contributed by atoms with Gasteiger partial charge >= 0.3 is 12.1 Å². The Bertz CT molecular complexity index is 980. The molecule has 1 aromatic carbocycles. The van der Waals surface area contributed by atoms with Gasteiger partial charge in [0.1, 0.15) is 20.8 Å². The van der Waals surface area contributed by atoms with Crippen LogP contribution in [0.4, 0.5) is 13.2 Å². The van der Waals surface area contributed by atoms with Crippen molar-refractivity contribution in [2.75, 3.05) is 26.6 Å². The molecule has 13 heteroatoms. The second-order valence-electron chi connectivity index (χ2n) is 6.92. The topological polar surface area (TPSA) is 75.1 Å². The molecule has 7 nitrogen and oxygen atoms in total. The van der Waals surface area contributed by atoms with E-state index in [0.717, 1.165) is 22.9 Å². The Balaban J connectivity index is 0.000000357. The number of thiocarbonyl (C=S) groups is 1. The molecule has 33 heavy (non-hydrogen) atoms. The van der Waals surface area contributed by atoms with Gasteiger partial charge in [-0.3, -0.25) is 4.90 Å². The van der Waals surface area contributed by atoms with Crippen molar-refractivity contribution >= 4 is 45.9 Å². The van der Waals surface area contributed by atoms with E-state index in [1.54, 1.807) is 11.8 Å². The standard InChI is InChI=1S/C15H11ClF3NO4.C5H10N2S2/c1-8(14(21)22)23-10-2-4-11(5-3-10)24-13-12(16)6-9(7-20-13)15(17,18)19;1-6-3-7(2)5(8)9-4-6/h2-8H,1H3,(H,21,22);3-4H2,1-2H3. The number of alkyl halides is 3. The van der Waals surface area contributed by atoms with Crippen LogP contribution in [-0.2, 0) is 11.0 Å². The van der Waals surface area contributed by atoms with Gasteiger partial charge in [0.15, 0.2) is 6.10 Å². The molecule has 1 aliphatic heterocycles. The first-order chi connectivity index (χ1) is 15.4. The van der Waals surface area contributed by atoms with Crippen LogP contribution < -0.4 is 9.47 Å². The lowest BCUT2D eigenvalue weighted by Gasteiger charge is -2.31. The van der Waals surface area contributed by atoms with Crippen molar-refractivity contribution in [3.8, 4) is 17.4 Å². The third-order valence-electron chi connectivity index (χ3n) is 4.01. The van der Waals surface area contributed by atoms with Crippen molar-refractivity contribution in [3.63, 3.8) is 0 Å². The zero-order valence-corrected chi connectivity index (χ0v) is 20.2. The number of carbonyl (C=O) groups is 1. The minimum absolute atomic E-state index is 0.183. The van der Waals surface area contributed by atoms with E-state index in [1.165, 1.54) is 31.2 Å². The predicted molar refractivity (Wildman–Crippen MR) is 124 cm³/mol. The molecule has 0 radical (unpaired) electrons. The van der Waals surface area contributed by atoms with Gasteiger partial charge in [0, 0.05) is 13.2 Å². The number of carboxylic acids is 1. The molecule has 180 valence electrons. The van der Waals surface area contributed by atoms with Crippen LogP contribution in [0.1, 0.15) is 12.5 Å². The maximum Gasteiger partial charge on any atom is 0.417 e. The van der Waals surface area contributed by atoms with Gasteiger partial charge in [-0.25, -0.2) is 9.78 Å². The van der Waals surface area contributed by atoms with E-state index in [0.29, 0.717) is 11.9 Å². The molecule has 0 aliphatic carbocycles. The third kappa shape index (κ3) is 8.54. The second kappa shape index (κ2) is 11.7. The Kier molecular flexibility index (Phi) is 9.58. The number of thioether (sulfide) groups is 1. The lowest BCUT2D eigenvalue weighted by atomic mass is 10.3. The van der Waals surface area contributed by atoms with Gasteiger partial charge in [0.25, 0.3) is 0 Å². The van der Waals surface area contributed by atoms with Crippen molar-refractivity contribution in [1.29, 1.82) is 0 Å². The van der Waals surface area contributed by atoms with Crippen LogP contribution in [0.25, 0.3) is 0 Å². The second-order valence-corrected chi connectivity index (χ2v) is 8.90. The molecule has 0 bridgehead atoms. The molecule has 0 amide bonds. The maximum atomic E-state index is 12.5. The van der Waals surface area contributed by atoms with Gasteiger partial charge in [-0.05, 0) is 44.3 Å². The molecule has 1 unspecified atom stereocenters. The minimum atomic E-state index is -4.55. The van der Waals surface area contributed by atoms with Gasteiger partial charge in [-0.1, -0.05) is 35.6 Å². The summed E-state index contributed by atoms with van der Waals surface area (Å²) in [7, 11) is 4.11. The highest BCUT2D eigenvalue weighted by atomic mass is 35.5. The van der Waals surface area contributed by atoms with Crippen LogP contribution in [0.5, 0.6) is 17.4 Å². The summed E-state index contributed by atoms with van der Waals surface area (Å²) in [4.78, 5) is 18.5. The summed E-state index contributed by atoms with van der Waals surface area (Å²) in [6.07, 6.45) is -4.95. The quantitative estimate of drug-likeness (QED) is 0.532. The molecule has 1 fully saturated rings. The summed E-state index contributed by atoms with van der Waals surface area (Å²) in [5, 5.41) is 8.46. The van der Waals surface area contributed by atoms with Crippen molar-refractivity contribution in [1.82, 2.24) is 14.8 Å². The number of carboxylic acid groups (broad SMARTS) is 1. The zero-order chi connectivity index (χ0) is 24.8. The van der Waals surface area contributed by atoms with Gasteiger partial charge < -0.3 is 19.5 Å². The lowest BCUT2D eigenvalue weighted by molar-refractivity contribution is -0.144. The molecule has 0 spiro atoms. The normalized spacial score (nSPS) is 15.4. The number of aliphatic carboxylic acids is 1. The summed E-state index contributed by atoms with van der Waals surface area (Å²) in [6.45, 7) is 2.34. The van der Waals surface area contributed by atoms with E-state index in [2.05, 4.69) is 21.8 Å². The van der Waals surface area contributed by atoms with Crippen molar-refractivity contribution in [2.24, 2.45) is 0 Å². The Labute approximate surface area is 203 Å². The predicted octanol–water partition coefficient (Wildman–Crippen LogP) is 5.19. The smallest absolute Gasteiger partial charge is 0.417 e. The molecule has 1 aromatic heterocycles. The Morgan fingerprint density at radius 2 is 1.88 bits per heavy atom. The summed E-state index contributed by atoms with van der Waals surface area (Å²) in [6, 6.07) is 6.51. The number of halogens is 4. The minimum Gasteiger partial charge on any atom is -0.479 e. The fraction of sp³-hybridized carbons (Fsp3) is 0.350. The van der Waals surface area contributed by atoms with Crippen molar-refractivity contribution < 1.29 is 32.5 Å². The van der Waals surface area contributed by atoms with Crippen molar-refractivity contribution in [3.05, 3.63) is 47.1 Å². The number of benzene rings is 1. The lowest BCUT2D eigenvalue weighted by Crippen LogP contribution is -2.40. The van der Waals surface area contributed by atoms with Gasteiger partial charge in [0.05, 0.1) is 18.1 Å². The molecule has 1 atom stereocenters. The van der Waals surface area contributed by atoms with Crippen molar-refractivity contribution in [2.45, 2.75) is 19.2 Å². The third-order valence-corrected chi connectivity index (χ3v) is 6.07. The first kappa shape index (κ1) is 27.0. The van der Waals surface area contributed by atoms with Gasteiger partial charge in [-0.2, -0.15) is 13.2 Å². The average Bonchev–Trinajstić information content (AvgIpc) is 2.73. The number of nitrogens with zero attached hydrogens (tertiary/aromatic N) is 3. The highest BCUT2D eigenvalue weighted by Gasteiger charge is 2.31. The van der Waals surface area contributed by atoms with Crippen LogP contribution in [0.15, 0.2) is 36.5 Å². The SMILES string of the molecule is CC(Oc1ccc(Oc2ncc(C(F)(F)F)cc2Cl)cc1)C(=O)O.CN1CSC(=S)N(C)C1. The van der Waals surface area contributed by atoms with Gasteiger partial charge in [-0.15, -0.1) is 0 Å². The van der Waals surface area contributed by atoms with Crippen LogP contribution in [-0.4, -0.2) is 62.9 Å². The molecule has 1 saturated heterocycles. The summed E-state index contributed by atoms with van der Waals surface area (Å²) in [5.74, 6) is 0.278. The summed E-state index contributed by atoms with van der Waals surface area (Å²) in [5.41, 5.74) is -0.980. The molecule has 1 aliphatic rings. The number of pyridine rings is 1.